The lowest BCUT2D eigenvalue weighted by molar-refractivity contribution is -0.124. The summed E-state index contributed by atoms with van der Waals surface area (Å²) >= 11 is 6.48. The highest BCUT2D eigenvalue weighted by molar-refractivity contribution is 6.30. The van der Waals surface area contributed by atoms with E-state index in [4.69, 9.17) is 40.4 Å². The van der Waals surface area contributed by atoms with Crippen LogP contribution in [-0.4, -0.2) is 44.4 Å². The van der Waals surface area contributed by atoms with Crippen molar-refractivity contribution in [2.24, 2.45) is 0 Å². The minimum absolute atomic E-state index is 0.103. The first-order chi connectivity index (χ1) is 21.2. The first-order valence-corrected chi connectivity index (χ1v) is 15.5. The van der Waals surface area contributed by atoms with Crippen LogP contribution in [0.1, 0.15) is 88.7 Å². The van der Waals surface area contributed by atoms with Crippen molar-refractivity contribution >= 4 is 29.7 Å². The molecule has 1 N–H and O–H groups in total. The molecule has 9 heteroatoms. The third-order valence-corrected chi connectivity index (χ3v) is 7.17. The molecule has 0 spiro atoms. The van der Waals surface area contributed by atoms with E-state index in [9.17, 15) is 4.79 Å². The van der Waals surface area contributed by atoms with Crippen molar-refractivity contribution < 1.29 is 33.6 Å². The molecule has 2 atom stereocenters. The van der Waals surface area contributed by atoms with E-state index in [1.807, 2.05) is 50.2 Å². The predicted octanol–water partition coefficient (Wildman–Crippen LogP) is 8.43. The van der Waals surface area contributed by atoms with Gasteiger partial charge in [0.1, 0.15) is 18.5 Å². The summed E-state index contributed by atoms with van der Waals surface area (Å²) in [6, 6.07) is 17.5. The number of amides is 1. The largest absolute Gasteiger partial charge is 0.496 e. The Labute approximate surface area is 266 Å². The molecular weight excluding hydrogens is 582 g/mol. The van der Waals surface area contributed by atoms with Crippen LogP contribution in [-0.2, 0) is 20.9 Å². The Balaban J connectivity index is 0.00000104. The van der Waals surface area contributed by atoms with Crippen LogP contribution >= 0.6 is 11.6 Å². The standard InChI is InChI=1S/C31H36ClNO5.C3H8.CH2O2/c1-6-20(4)21-12-13-22(28(16-21)35-5)18-33-26-15-14-23(32)17-25(26)30(38-19-29(33)34)24-10-9-11-27(36-7-2)31(24)37-8-3;1-3-2;2-1-3/h9-17,20,30H,6-8,18-19H2,1-5H3;3H2,1-2H3;1H,(H,2,3). The van der Waals surface area contributed by atoms with Gasteiger partial charge in [-0.05, 0) is 62.1 Å². The van der Waals surface area contributed by atoms with E-state index in [0.717, 1.165) is 34.5 Å². The summed E-state index contributed by atoms with van der Waals surface area (Å²) in [5.41, 5.74) is 4.43. The average molecular weight is 628 g/mol. The van der Waals surface area contributed by atoms with Crippen molar-refractivity contribution in [2.45, 2.75) is 73.0 Å². The molecule has 0 aromatic heterocycles. The van der Waals surface area contributed by atoms with Crippen LogP contribution in [0, 0.1) is 0 Å². The van der Waals surface area contributed by atoms with Gasteiger partial charge in [-0.2, -0.15) is 0 Å². The highest BCUT2D eigenvalue weighted by atomic mass is 35.5. The lowest BCUT2D eigenvalue weighted by atomic mass is 9.96. The minimum Gasteiger partial charge on any atom is -0.496 e. The maximum Gasteiger partial charge on any atom is 0.290 e. The van der Waals surface area contributed by atoms with Gasteiger partial charge in [0.15, 0.2) is 11.5 Å². The monoisotopic (exact) mass is 627 g/mol. The summed E-state index contributed by atoms with van der Waals surface area (Å²) in [5.74, 6) is 2.27. The molecule has 4 rings (SSSR count). The van der Waals surface area contributed by atoms with Crippen molar-refractivity contribution in [3.05, 3.63) is 81.9 Å². The number of hydrogen-bond acceptors (Lipinski definition) is 6. The van der Waals surface area contributed by atoms with Crippen molar-refractivity contribution in [3.8, 4) is 17.2 Å². The topological polar surface area (TPSA) is 94.5 Å². The van der Waals surface area contributed by atoms with Gasteiger partial charge >= 0.3 is 0 Å². The number of fused-ring (bicyclic) bond motifs is 1. The number of ether oxygens (including phenoxy) is 4. The van der Waals surface area contributed by atoms with Gasteiger partial charge in [-0.15, -0.1) is 0 Å². The van der Waals surface area contributed by atoms with Crippen LogP contribution < -0.4 is 19.1 Å². The smallest absolute Gasteiger partial charge is 0.290 e. The summed E-state index contributed by atoms with van der Waals surface area (Å²) in [6.07, 6.45) is 1.71. The van der Waals surface area contributed by atoms with E-state index in [1.54, 1.807) is 18.1 Å². The summed E-state index contributed by atoms with van der Waals surface area (Å²) in [7, 11) is 1.66. The van der Waals surface area contributed by atoms with Crippen molar-refractivity contribution in [3.63, 3.8) is 0 Å². The first-order valence-electron chi connectivity index (χ1n) is 15.1. The van der Waals surface area contributed by atoms with Gasteiger partial charge in [-0.3, -0.25) is 9.59 Å². The molecule has 8 nitrogen and oxygen atoms in total. The SMILES string of the molecule is CCC.CCOc1cccc(C2OCC(=O)N(Cc3ccc(C(C)CC)cc3OC)c3ccc(Cl)cc32)c1OCC.O=CO. The number of rotatable bonds is 10. The van der Waals surface area contributed by atoms with Gasteiger partial charge in [0.05, 0.1) is 32.6 Å². The Morgan fingerprint density at radius 1 is 1.00 bits per heavy atom. The fourth-order valence-electron chi connectivity index (χ4n) is 4.78. The molecule has 0 aliphatic carbocycles. The summed E-state index contributed by atoms with van der Waals surface area (Å²) < 4.78 is 23.9. The fraction of sp³-hybridized carbons (Fsp3) is 0.429. The van der Waals surface area contributed by atoms with Crippen molar-refractivity contribution in [2.75, 3.05) is 31.8 Å². The number of hydrogen-bond donors (Lipinski definition) is 1. The Bertz CT molecular complexity index is 1350. The third-order valence-electron chi connectivity index (χ3n) is 6.94. The second-order valence-corrected chi connectivity index (χ2v) is 10.5. The Morgan fingerprint density at radius 3 is 2.30 bits per heavy atom. The van der Waals surface area contributed by atoms with E-state index < -0.39 is 6.10 Å². The van der Waals surface area contributed by atoms with Crippen LogP contribution in [0.15, 0.2) is 54.6 Å². The van der Waals surface area contributed by atoms with Crippen molar-refractivity contribution in [1.29, 1.82) is 0 Å². The minimum atomic E-state index is -0.575. The first kappa shape index (κ1) is 36.4. The molecule has 3 aromatic rings. The summed E-state index contributed by atoms with van der Waals surface area (Å²) in [5, 5.41) is 7.45. The quantitative estimate of drug-likeness (QED) is 0.225. The van der Waals surface area contributed by atoms with E-state index >= 15 is 0 Å². The zero-order chi connectivity index (χ0) is 32.6. The average Bonchev–Trinajstić information content (AvgIpc) is 3.14. The van der Waals surface area contributed by atoms with Crippen molar-refractivity contribution in [1.82, 2.24) is 0 Å². The molecule has 1 heterocycles. The maximum atomic E-state index is 13.5. The number of para-hydroxylation sites is 1. The lowest BCUT2D eigenvalue weighted by Gasteiger charge is -2.26. The number of anilines is 1. The van der Waals surface area contributed by atoms with Gasteiger partial charge in [0.2, 0.25) is 0 Å². The third kappa shape index (κ3) is 9.37. The zero-order valence-corrected chi connectivity index (χ0v) is 27.6. The van der Waals surface area contributed by atoms with Crippen LogP contribution in [0.5, 0.6) is 17.2 Å². The molecule has 2 unspecified atom stereocenters. The number of carboxylic acid groups (broad SMARTS) is 1. The van der Waals surface area contributed by atoms with E-state index in [1.165, 1.54) is 12.0 Å². The Morgan fingerprint density at radius 2 is 1.68 bits per heavy atom. The van der Waals surface area contributed by atoms with Crippen LogP contribution in [0.4, 0.5) is 5.69 Å². The van der Waals surface area contributed by atoms with E-state index in [2.05, 4.69) is 39.8 Å². The fourth-order valence-corrected chi connectivity index (χ4v) is 4.96. The molecule has 240 valence electrons. The molecule has 3 aromatic carbocycles. The molecule has 0 bridgehead atoms. The molecule has 1 amide bonds. The van der Waals surface area contributed by atoms with Crippen LogP contribution in [0.2, 0.25) is 5.02 Å². The number of halogens is 1. The van der Waals surface area contributed by atoms with Gasteiger partial charge in [-0.25, -0.2) is 0 Å². The molecule has 1 aliphatic rings. The van der Waals surface area contributed by atoms with Crippen LogP contribution in [0.3, 0.4) is 0 Å². The van der Waals surface area contributed by atoms with E-state index in [-0.39, 0.29) is 19.0 Å². The predicted molar refractivity (Wildman–Crippen MR) is 176 cm³/mol. The van der Waals surface area contributed by atoms with Gasteiger partial charge in [-0.1, -0.05) is 70.0 Å². The van der Waals surface area contributed by atoms with E-state index in [0.29, 0.717) is 42.2 Å². The number of methoxy groups -OCH3 is 1. The zero-order valence-electron chi connectivity index (χ0n) is 26.9. The molecule has 0 saturated carbocycles. The van der Waals surface area contributed by atoms with Gasteiger partial charge in [0, 0.05) is 21.7 Å². The lowest BCUT2D eigenvalue weighted by Crippen LogP contribution is -2.32. The maximum absolute atomic E-state index is 13.5. The second-order valence-electron chi connectivity index (χ2n) is 10.1. The Hall–Kier alpha value is -3.75. The highest BCUT2D eigenvalue weighted by Gasteiger charge is 2.33. The second kappa shape index (κ2) is 18.8. The summed E-state index contributed by atoms with van der Waals surface area (Å²) in [6.45, 7) is 13.4. The number of carbonyl (C=O) groups excluding carboxylic acids is 1. The number of benzene rings is 3. The van der Waals surface area contributed by atoms with Gasteiger partial charge < -0.3 is 29.0 Å². The van der Waals surface area contributed by atoms with Gasteiger partial charge in [0.25, 0.3) is 12.4 Å². The van der Waals surface area contributed by atoms with Crippen LogP contribution in [0.25, 0.3) is 0 Å². The normalized spacial score (nSPS) is 14.5. The number of nitrogens with zero attached hydrogens (tertiary/aromatic N) is 1. The highest BCUT2D eigenvalue weighted by Crippen LogP contribution is 2.44. The number of carbonyl (C=O) groups is 2. The molecule has 1 aliphatic heterocycles. The summed E-state index contributed by atoms with van der Waals surface area (Å²) in [4.78, 5) is 23.6. The Kier molecular flexibility index (Phi) is 15.6. The molecule has 0 fully saturated rings. The molecule has 0 saturated heterocycles. The molecule has 0 radical (unpaired) electrons. The molecule has 44 heavy (non-hydrogen) atoms. The molecular formula is C35H46ClNO7.